The Balaban J connectivity index is 1.90. The van der Waals surface area contributed by atoms with Gasteiger partial charge in [0.2, 0.25) is 0 Å². The fourth-order valence-corrected chi connectivity index (χ4v) is 3.67. The summed E-state index contributed by atoms with van der Waals surface area (Å²) >= 11 is 0. The summed E-state index contributed by atoms with van der Waals surface area (Å²) in [6.45, 7) is 8.69. The highest BCUT2D eigenvalue weighted by Gasteiger charge is 2.38. The van der Waals surface area contributed by atoms with Gasteiger partial charge in [-0.1, -0.05) is 17.7 Å². The van der Waals surface area contributed by atoms with E-state index in [9.17, 15) is 0 Å². The Bertz CT molecular complexity index is 463. The second-order valence-corrected chi connectivity index (χ2v) is 6.94. The van der Waals surface area contributed by atoms with Gasteiger partial charge in [0, 0.05) is 25.2 Å². The molecule has 0 aromatic heterocycles. The van der Waals surface area contributed by atoms with E-state index in [0.717, 1.165) is 18.5 Å². The Hall–Kier alpha value is -0.860. The molecule has 0 bridgehead atoms. The van der Waals surface area contributed by atoms with Gasteiger partial charge in [-0.05, 0) is 69.1 Å². The van der Waals surface area contributed by atoms with Crippen molar-refractivity contribution in [1.29, 1.82) is 0 Å². The topological polar surface area (TPSA) is 29.3 Å². The first-order chi connectivity index (χ1) is 9.60. The second-order valence-electron chi connectivity index (χ2n) is 6.94. The molecule has 0 heterocycles. The van der Waals surface area contributed by atoms with Crippen LogP contribution in [0.4, 0.5) is 0 Å². The number of aryl methyl sites for hydroxylation is 3. The van der Waals surface area contributed by atoms with E-state index in [1.165, 1.54) is 54.5 Å². The summed E-state index contributed by atoms with van der Waals surface area (Å²) in [6, 6.07) is 5.84. The molecule has 2 nitrogen and oxygen atoms in total. The lowest BCUT2D eigenvalue weighted by molar-refractivity contribution is 0.181. The lowest BCUT2D eigenvalue weighted by Gasteiger charge is -2.33. The summed E-state index contributed by atoms with van der Waals surface area (Å²) in [6.07, 6.45) is 5.58. The minimum atomic E-state index is 0.420. The van der Waals surface area contributed by atoms with Gasteiger partial charge in [-0.2, -0.15) is 0 Å². The van der Waals surface area contributed by atoms with Crippen LogP contribution in [0.1, 0.15) is 54.0 Å². The fourth-order valence-electron chi connectivity index (χ4n) is 3.67. The Morgan fingerprint density at radius 2 is 1.70 bits per heavy atom. The number of benzene rings is 1. The number of hydrogen-bond acceptors (Lipinski definition) is 2. The SMILES string of the molecule is Cc1cc(C)c(C(CN)N(CC2CC2)C2CC2)c(C)c1. The smallest absolute Gasteiger partial charge is 0.0478 e. The van der Waals surface area contributed by atoms with Gasteiger partial charge in [-0.25, -0.2) is 0 Å². The van der Waals surface area contributed by atoms with Crippen molar-refractivity contribution in [3.8, 4) is 0 Å². The van der Waals surface area contributed by atoms with Crippen LogP contribution in [-0.4, -0.2) is 24.0 Å². The molecule has 2 fully saturated rings. The molecular weight excluding hydrogens is 244 g/mol. The van der Waals surface area contributed by atoms with Crippen molar-refractivity contribution in [2.24, 2.45) is 11.7 Å². The van der Waals surface area contributed by atoms with Gasteiger partial charge >= 0.3 is 0 Å². The summed E-state index contributed by atoms with van der Waals surface area (Å²) in [5, 5.41) is 0. The average Bonchev–Trinajstić information content (AvgIpc) is 3.25. The lowest BCUT2D eigenvalue weighted by atomic mass is 9.92. The van der Waals surface area contributed by atoms with Crippen molar-refractivity contribution < 1.29 is 0 Å². The highest BCUT2D eigenvalue weighted by atomic mass is 15.2. The maximum absolute atomic E-state index is 6.20. The zero-order chi connectivity index (χ0) is 14.3. The van der Waals surface area contributed by atoms with Crippen molar-refractivity contribution >= 4 is 0 Å². The van der Waals surface area contributed by atoms with Gasteiger partial charge in [-0.3, -0.25) is 4.90 Å². The van der Waals surface area contributed by atoms with Crippen LogP contribution in [-0.2, 0) is 0 Å². The Morgan fingerprint density at radius 3 is 2.15 bits per heavy atom. The molecule has 0 aliphatic heterocycles. The highest BCUT2D eigenvalue weighted by molar-refractivity contribution is 5.40. The first kappa shape index (κ1) is 14.1. The van der Waals surface area contributed by atoms with E-state index < -0.39 is 0 Å². The minimum Gasteiger partial charge on any atom is -0.329 e. The summed E-state index contributed by atoms with van der Waals surface area (Å²) in [5.41, 5.74) is 11.9. The van der Waals surface area contributed by atoms with Gasteiger partial charge in [0.15, 0.2) is 0 Å². The molecule has 1 aromatic rings. The Kier molecular flexibility index (Phi) is 3.87. The van der Waals surface area contributed by atoms with E-state index in [4.69, 9.17) is 5.73 Å². The zero-order valence-electron chi connectivity index (χ0n) is 13.2. The average molecular weight is 272 g/mol. The molecule has 1 unspecified atom stereocenters. The van der Waals surface area contributed by atoms with Crippen LogP contribution in [0.5, 0.6) is 0 Å². The van der Waals surface area contributed by atoms with Gasteiger partial charge in [0.25, 0.3) is 0 Å². The third-order valence-electron chi connectivity index (χ3n) is 4.88. The van der Waals surface area contributed by atoms with Gasteiger partial charge in [-0.15, -0.1) is 0 Å². The van der Waals surface area contributed by atoms with Gasteiger partial charge in [0.05, 0.1) is 0 Å². The van der Waals surface area contributed by atoms with Gasteiger partial charge < -0.3 is 5.73 Å². The van der Waals surface area contributed by atoms with E-state index >= 15 is 0 Å². The molecule has 0 spiro atoms. The molecule has 2 aliphatic rings. The van der Waals surface area contributed by atoms with Crippen molar-refractivity contribution in [3.63, 3.8) is 0 Å². The summed E-state index contributed by atoms with van der Waals surface area (Å²) in [5.74, 6) is 0.940. The summed E-state index contributed by atoms with van der Waals surface area (Å²) in [4.78, 5) is 2.72. The monoisotopic (exact) mass is 272 g/mol. The molecular formula is C18H28N2. The van der Waals surface area contributed by atoms with Crippen molar-refractivity contribution in [2.75, 3.05) is 13.1 Å². The predicted octanol–water partition coefficient (Wildman–Crippen LogP) is 3.49. The zero-order valence-corrected chi connectivity index (χ0v) is 13.2. The molecule has 2 N–H and O–H groups in total. The lowest BCUT2D eigenvalue weighted by Crippen LogP contribution is -2.37. The molecule has 0 radical (unpaired) electrons. The molecule has 20 heavy (non-hydrogen) atoms. The quantitative estimate of drug-likeness (QED) is 0.859. The Morgan fingerprint density at radius 1 is 1.10 bits per heavy atom. The molecule has 3 rings (SSSR count). The maximum atomic E-state index is 6.20. The third-order valence-corrected chi connectivity index (χ3v) is 4.88. The van der Waals surface area contributed by atoms with Crippen molar-refractivity contribution in [1.82, 2.24) is 4.90 Å². The molecule has 2 saturated carbocycles. The molecule has 0 saturated heterocycles. The van der Waals surface area contributed by atoms with Crippen LogP contribution in [0.15, 0.2) is 12.1 Å². The van der Waals surface area contributed by atoms with E-state index in [1.54, 1.807) is 0 Å². The van der Waals surface area contributed by atoms with Crippen LogP contribution in [0.25, 0.3) is 0 Å². The van der Waals surface area contributed by atoms with Crippen LogP contribution < -0.4 is 5.73 Å². The Labute approximate surface area is 123 Å². The van der Waals surface area contributed by atoms with E-state index in [-0.39, 0.29) is 0 Å². The summed E-state index contributed by atoms with van der Waals surface area (Å²) < 4.78 is 0. The standard InChI is InChI=1S/C18H28N2/c1-12-8-13(2)18(14(3)9-12)17(10-19)20(16-6-7-16)11-15-4-5-15/h8-9,15-17H,4-7,10-11,19H2,1-3H3. The number of rotatable bonds is 6. The molecule has 2 aliphatic carbocycles. The molecule has 0 amide bonds. The van der Waals surface area contributed by atoms with E-state index in [2.05, 4.69) is 37.8 Å². The number of nitrogens with two attached hydrogens (primary N) is 1. The molecule has 110 valence electrons. The first-order valence-corrected chi connectivity index (χ1v) is 8.13. The van der Waals surface area contributed by atoms with Crippen LogP contribution in [0.3, 0.4) is 0 Å². The van der Waals surface area contributed by atoms with Crippen molar-refractivity contribution in [2.45, 2.75) is 58.5 Å². The molecule has 1 atom stereocenters. The number of nitrogens with zero attached hydrogens (tertiary/aromatic N) is 1. The van der Waals surface area contributed by atoms with Gasteiger partial charge in [0.1, 0.15) is 0 Å². The molecule has 2 heteroatoms. The normalized spacial score (nSPS) is 20.4. The van der Waals surface area contributed by atoms with Crippen LogP contribution in [0, 0.1) is 26.7 Å². The molecule has 1 aromatic carbocycles. The first-order valence-electron chi connectivity index (χ1n) is 8.13. The maximum Gasteiger partial charge on any atom is 0.0478 e. The van der Waals surface area contributed by atoms with E-state index in [1.807, 2.05) is 0 Å². The second kappa shape index (κ2) is 5.50. The van der Waals surface area contributed by atoms with Crippen LogP contribution >= 0.6 is 0 Å². The fraction of sp³-hybridized carbons (Fsp3) is 0.667. The summed E-state index contributed by atoms with van der Waals surface area (Å²) in [7, 11) is 0. The van der Waals surface area contributed by atoms with E-state index in [0.29, 0.717) is 6.04 Å². The van der Waals surface area contributed by atoms with Crippen molar-refractivity contribution in [3.05, 3.63) is 34.4 Å². The van der Waals surface area contributed by atoms with Crippen LogP contribution in [0.2, 0.25) is 0 Å². The highest BCUT2D eigenvalue weighted by Crippen LogP contribution is 2.40. The predicted molar refractivity (Wildman–Crippen MR) is 84.9 cm³/mol. The minimum absolute atomic E-state index is 0.420. The number of hydrogen-bond donors (Lipinski definition) is 1. The third kappa shape index (κ3) is 2.91. The largest absolute Gasteiger partial charge is 0.329 e.